The molecule has 1 rings (SSSR count). The molecular weight excluding hydrogens is 160 g/mol. The second-order valence-electron chi connectivity index (χ2n) is 3.50. The van der Waals surface area contributed by atoms with Crippen molar-refractivity contribution in [2.75, 3.05) is 6.61 Å². The van der Waals surface area contributed by atoms with Crippen molar-refractivity contribution in [3.8, 4) is 0 Å². The normalized spacial score (nSPS) is 23.3. The summed E-state index contributed by atoms with van der Waals surface area (Å²) in [6, 6.07) is 0. The summed E-state index contributed by atoms with van der Waals surface area (Å²) in [5.41, 5.74) is 1.08. The molecule has 1 fully saturated rings. The lowest BCUT2D eigenvalue weighted by Crippen LogP contribution is -2.01. The third-order valence-corrected chi connectivity index (χ3v) is 2.05. The van der Waals surface area contributed by atoms with E-state index in [2.05, 4.69) is 18.7 Å². The molecule has 0 aromatic heterocycles. The van der Waals surface area contributed by atoms with E-state index in [-0.39, 0.29) is 0 Å². The van der Waals surface area contributed by atoms with Gasteiger partial charge in [0.25, 0.3) is 0 Å². The molecule has 1 unspecified atom stereocenters. The van der Waals surface area contributed by atoms with Crippen molar-refractivity contribution in [3.63, 3.8) is 0 Å². The first-order chi connectivity index (χ1) is 6.29. The zero-order valence-electron chi connectivity index (χ0n) is 8.33. The van der Waals surface area contributed by atoms with Crippen LogP contribution in [0, 0.1) is 0 Å². The summed E-state index contributed by atoms with van der Waals surface area (Å²) in [6.07, 6.45) is 12.2. The molecule has 0 N–H and O–H groups in total. The highest BCUT2D eigenvalue weighted by Crippen LogP contribution is 2.15. The summed E-state index contributed by atoms with van der Waals surface area (Å²) in [4.78, 5) is 0. The van der Waals surface area contributed by atoms with Crippen LogP contribution >= 0.6 is 0 Å². The Morgan fingerprint density at radius 2 is 2.38 bits per heavy atom. The molecule has 13 heavy (non-hydrogen) atoms. The van der Waals surface area contributed by atoms with Gasteiger partial charge in [-0.25, -0.2) is 0 Å². The number of ether oxygens (including phenoxy) is 1. The molecule has 0 amide bonds. The minimum Gasteiger partial charge on any atom is -0.378 e. The lowest BCUT2D eigenvalue weighted by molar-refractivity contribution is 0.113. The monoisotopic (exact) mass is 178 g/mol. The summed E-state index contributed by atoms with van der Waals surface area (Å²) in [6.45, 7) is 6.72. The van der Waals surface area contributed by atoms with Crippen LogP contribution in [-0.2, 0) is 4.74 Å². The third kappa shape index (κ3) is 4.69. The maximum atomic E-state index is 5.49. The molecule has 1 aliphatic rings. The van der Waals surface area contributed by atoms with E-state index in [0.29, 0.717) is 6.10 Å². The molecule has 0 aromatic carbocycles. The molecular formula is C12H18O. The van der Waals surface area contributed by atoms with Gasteiger partial charge in [0.05, 0.1) is 6.10 Å². The molecule has 1 heteroatoms. The Morgan fingerprint density at radius 1 is 1.54 bits per heavy atom. The van der Waals surface area contributed by atoms with Crippen molar-refractivity contribution in [2.24, 2.45) is 0 Å². The molecule has 0 aliphatic carbocycles. The number of allylic oxidation sites excluding steroid dienone is 4. The quantitative estimate of drug-likeness (QED) is 0.600. The second-order valence-corrected chi connectivity index (χ2v) is 3.50. The largest absolute Gasteiger partial charge is 0.378 e. The SMILES string of the molecule is C=C(C)/C=C/C=C/CC1CCCO1. The van der Waals surface area contributed by atoms with Gasteiger partial charge in [-0.15, -0.1) is 0 Å². The molecule has 0 aromatic rings. The van der Waals surface area contributed by atoms with Crippen LogP contribution in [0.4, 0.5) is 0 Å². The van der Waals surface area contributed by atoms with E-state index in [4.69, 9.17) is 4.74 Å². The fourth-order valence-corrected chi connectivity index (χ4v) is 1.36. The molecule has 0 spiro atoms. The first kappa shape index (κ1) is 10.3. The molecule has 1 heterocycles. The topological polar surface area (TPSA) is 9.23 Å². The van der Waals surface area contributed by atoms with Crippen LogP contribution < -0.4 is 0 Å². The van der Waals surface area contributed by atoms with Gasteiger partial charge in [-0.05, 0) is 26.2 Å². The summed E-state index contributed by atoms with van der Waals surface area (Å²) >= 11 is 0. The van der Waals surface area contributed by atoms with E-state index in [0.717, 1.165) is 18.6 Å². The van der Waals surface area contributed by atoms with Gasteiger partial charge in [0.15, 0.2) is 0 Å². The fraction of sp³-hybridized carbons (Fsp3) is 0.500. The lowest BCUT2D eigenvalue weighted by atomic mass is 10.2. The highest BCUT2D eigenvalue weighted by atomic mass is 16.5. The highest BCUT2D eigenvalue weighted by molar-refractivity contribution is 5.16. The Morgan fingerprint density at radius 3 is 3.00 bits per heavy atom. The number of rotatable bonds is 4. The van der Waals surface area contributed by atoms with Crippen LogP contribution in [0.2, 0.25) is 0 Å². The van der Waals surface area contributed by atoms with Gasteiger partial charge in [0.1, 0.15) is 0 Å². The van der Waals surface area contributed by atoms with Crippen LogP contribution in [0.25, 0.3) is 0 Å². The standard InChI is InChI=1S/C12H18O/c1-11(2)7-4-3-5-8-12-9-6-10-13-12/h3-5,7,12H,1,6,8-10H2,2H3/b5-3+,7-4+. The summed E-state index contributed by atoms with van der Waals surface area (Å²) < 4.78 is 5.49. The maximum Gasteiger partial charge on any atom is 0.0610 e. The van der Waals surface area contributed by atoms with Gasteiger partial charge in [0.2, 0.25) is 0 Å². The molecule has 1 nitrogen and oxygen atoms in total. The van der Waals surface area contributed by atoms with Gasteiger partial charge in [-0.3, -0.25) is 0 Å². The Bertz CT molecular complexity index is 207. The third-order valence-electron chi connectivity index (χ3n) is 2.05. The van der Waals surface area contributed by atoms with Gasteiger partial charge in [-0.2, -0.15) is 0 Å². The van der Waals surface area contributed by atoms with E-state index >= 15 is 0 Å². The second kappa shape index (κ2) is 5.76. The van der Waals surface area contributed by atoms with Gasteiger partial charge in [0, 0.05) is 6.61 Å². The van der Waals surface area contributed by atoms with Crippen molar-refractivity contribution >= 4 is 0 Å². The van der Waals surface area contributed by atoms with Crippen molar-refractivity contribution in [3.05, 3.63) is 36.5 Å². The van der Waals surface area contributed by atoms with Crippen LogP contribution in [0.3, 0.4) is 0 Å². The minimum atomic E-state index is 0.467. The Hall–Kier alpha value is -0.820. The van der Waals surface area contributed by atoms with Crippen LogP contribution in [0.1, 0.15) is 26.2 Å². The number of hydrogen-bond acceptors (Lipinski definition) is 1. The Balaban J connectivity index is 2.13. The predicted molar refractivity (Wildman–Crippen MR) is 56.7 cm³/mol. The highest BCUT2D eigenvalue weighted by Gasteiger charge is 2.12. The van der Waals surface area contributed by atoms with E-state index in [9.17, 15) is 0 Å². The van der Waals surface area contributed by atoms with Crippen molar-refractivity contribution in [1.29, 1.82) is 0 Å². The molecule has 0 bridgehead atoms. The molecule has 0 radical (unpaired) electrons. The molecule has 72 valence electrons. The van der Waals surface area contributed by atoms with E-state index in [1.807, 2.05) is 19.1 Å². The first-order valence-electron chi connectivity index (χ1n) is 4.89. The minimum absolute atomic E-state index is 0.467. The summed E-state index contributed by atoms with van der Waals surface area (Å²) in [5.74, 6) is 0. The predicted octanol–water partition coefficient (Wildman–Crippen LogP) is 3.24. The zero-order valence-corrected chi connectivity index (χ0v) is 8.33. The van der Waals surface area contributed by atoms with Crippen molar-refractivity contribution in [2.45, 2.75) is 32.3 Å². The Kier molecular flexibility index (Phi) is 4.55. The first-order valence-corrected chi connectivity index (χ1v) is 4.89. The van der Waals surface area contributed by atoms with Crippen molar-refractivity contribution in [1.82, 2.24) is 0 Å². The smallest absolute Gasteiger partial charge is 0.0610 e. The zero-order chi connectivity index (χ0) is 9.52. The lowest BCUT2D eigenvalue weighted by Gasteiger charge is -2.03. The van der Waals surface area contributed by atoms with Gasteiger partial charge in [-0.1, -0.05) is 36.5 Å². The van der Waals surface area contributed by atoms with Crippen LogP contribution in [0.15, 0.2) is 36.5 Å². The fourth-order valence-electron chi connectivity index (χ4n) is 1.36. The molecule has 0 saturated carbocycles. The average Bonchev–Trinajstić information content (AvgIpc) is 2.55. The van der Waals surface area contributed by atoms with E-state index in [1.165, 1.54) is 12.8 Å². The molecule has 1 atom stereocenters. The van der Waals surface area contributed by atoms with Gasteiger partial charge < -0.3 is 4.74 Å². The Labute approximate surface area is 80.8 Å². The van der Waals surface area contributed by atoms with Crippen LogP contribution in [-0.4, -0.2) is 12.7 Å². The molecule has 1 aliphatic heterocycles. The number of hydrogen-bond donors (Lipinski definition) is 0. The van der Waals surface area contributed by atoms with E-state index in [1.54, 1.807) is 0 Å². The summed E-state index contributed by atoms with van der Waals surface area (Å²) in [7, 11) is 0. The average molecular weight is 178 g/mol. The summed E-state index contributed by atoms with van der Waals surface area (Å²) in [5, 5.41) is 0. The van der Waals surface area contributed by atoms with Gasteiger partial charge >= 0.3 is 0 Å². The van der Waals surface area contributed by atoms with Crippen LogP contribution in [0.5, 0.6) is 0 Å². The van der Waals surface area contributed by atoms with E-state index < -0.39 is 0 Å². The maximum absolute atomic E-state index is 5.49. The molecule has 1 saturated heterocycles. The van der Waals surface area contributed by atoms with Crippen molar-refractivity contribution < 1.29 is 4.74 Å².